The molecule has 0 fully saturated rings. The molecule has 0 bridgehead atoms. The molecule has 0 saturated heterocycles. The first-order valence-electron chi connectivity index (χ1n) is 5.53. The predicted molar refractivity (Wildman–Crippen MR) is 60.0 cm³/mol. The Balaban J connectivity index is 2.31. The summed E-state index contributed by atoms with van der Waals surface area (Å²) >= 11 is 0. The lowest BCUT2D eigenvalue weighted by Crippen LogP contribution is -2.30. The molecule has 0 heterocycles. The summed E-state index contributed by atoms with van der Waals surface area (Å²) in [6, 6.07) is 8.86. The molecule has 1 nitrogen and oxygen atoms in total. The van der Waals surface area contributed by atoms with Crippen LogP contribution in [0.25, 0.3) is 0 Å². The smallest absolute Gasteiger partial charge is 0.0328 e. The standard InChI is InChI=1S/C13H19N/c1-9(2)11-8-7-10-5-3-4-6-12(10)13(11)14/h3-6,9,11,13H,7-8,14H2,1-2H3. The van der Waals surface area contributed by atoms with Gasteiger partial charge in [-0.2, -0.15) is 0 Å². The summed E-state index contributed by atoms with van der Waals surface area (Å²) in [5.41, 5.74) is 9.12. The van der Waals surface area contributed by atoms with E-state index in [4.69, 9.17) is 5.73 Å². The minimum atomic E-state index is 0.250. The molecule has 0 spiro atoms. The summed E-state index contributed by atoms with van der Waals surface area (Å²) < 4.78 is 0. The molecule has 2 N–H and O–H groups in total. The third-order valence-corrected chi connectivity index (χ3v) is 3.48. The van der Waals surface area contributed by atoms with Crippen molar-refractivity contribution in [2.75, 3.05) is 0 Å². The molecular formula is C13H19N. The Hall–Kier alpha value is -0.820. The molecule has 1 aromatic carbocycles. The molecule has 1 aliphatic carbocycles. The second-order valence-electron chi connectivity index (χ2n) is 4.67. The van der Waals surface area contributed by atoms with Crippen LogP contribution in [0.1, 0.15) is 37.4 Å². The Labute approximate surface area is 86.3 Å². The zero-order valence-corrected chi connectivity index (χ0v) is 9.03. The van der Waals surface area contributed by atoms with Crippen LogP contribution in [0.2, 0.25) is 0 Å². The molecule has 1 aromatic rings. The third kappa shape index (κ3) is 1.57. The fourth-order valence-electron chi connectivity index (χ4n) is 2.57. The first-order chi connectivity index (χ1) is 6.70. The van der Waals surface area contributed by atoms with Crippen LogP contribution in [-0.2, 0) is 6.42 Å². The van der Waals surface area contributed by atoms with Gasteiger partial charge in [-0.3, -0.25) is 0 Å². The number of nitrogens with two attached hydrogens (primary N) is 1. The zero-order chi connectivity index (χ0) is 10.1. The number of rotatable bonds is 1. The van der Waals surface area contributed by atoms with Gasteiger partial charge in [0.1, 0.15) is 0 Å². The Bertz CT molecular complexity index is 317. The van der Waals surface area contributed by atoms with E-state index >= 15 is 0 Å². The van der Waals surface area contributed by atoms with Gasteiger partial charge in [0, 0.05) is 6.04 Å². The van der Waals surface area contributed by atoms with Crippen molar-refractivity contribution in [2.24, 2.45) is 17.6 Å². The van der Waals surface area contributed by atoms with E-state index in [9.17, 15) is 0 Å². The van der Waals surface area contributed by atoms with Crippen LogP contribution in [0.5, 0.6) is 0 Å². The van der Waals surface area contributed by atoms with Crippen LogP contribution in [0, 0.1) is 11.8 Å². The molecular weight excluding hydrogens is 170 g/mol. The van der Waals surface area contributed by atoms with Crippen LogP contribution < -0.4 is 5.73 Å². The third-order valence-electron chi connectivity index (χ3n) is 3.48. The van der Waals surface area contributed by atoms with E-state index in [1.807, 2.05) is 0 Å². The lowest BCUT2D eigenvalue weighted by Gasteiger charge is -2.33. The molecule has 0 amide bonds. The first-order valence-corrected chi connectivity index (χ1v) is 5.53. The minimum Gasteiger partial charge on any atom is -0.324 e. The largest absolute Gasteiger partial charge is 0.324 e. The summed E-state index contributed by atoms with van der Waals surface area (Å²) in [5, 5.41) is 0. The number of benzene rings is 1. The molecule has 2 atom stereocenters. The maximum Gasteiger partial charge on any atom is 0.0328 e. The maximum absolute atomic E-state index is 6.29. The molecule has 1 heteroatoms. The van der Waals surface area contributed by atoms with Gasteiger partial charge in [-0.05, 0) is 35.8 Å². The minimum absolute atomic E-state index is 0.250. The van der Waals surface area contributed by atoms with E-state index in [0.717, 1.165) is 0 Å². The average molecular weight is 189 g/mol. The van der Waals surface area contributed by atoms with Crippen LogP contribution in [0.4, 0.5) is 0 Å². The van der Waals surface area contributed by atoms with Gasteiger partial charge in [0.05, 0.1) is 0 Å². The Morgan fingerprint density at radius 2 is 2.00 bits per heavy atom. The van der Waals surface area contributed by atoms with Gasteiger partial charge in [0.15, 0.2) is 0 Å². The van der Waals surface area contributed by atoms with Crippen molar-refractivity contribution in [3.8, 4) is 0 Å². The monoisotopic (exact) mass is 189 g/mol. The SMILES string of the molecule is CC(C)C1CCc2ccccc2C1N. The second-order valence-corrected chi connectivity index (χ2v) is 4.67. The quantitative estimate of drug-likeness (QED) is 0.722. The van der Waals surface area contributed by atoms with Crippen LogP contribution >= 0.6 is 0 Å². The van der Waals surface area contributed by atoms with Gasteiger partial charge < -0.3 is 5.73 Å². The fourth-order valence-corrected chi connectivity index (χ4v) is 2.57. The molecule has 0 radical (unpaired) electrons. The fraction of sp³-hybridized carbons (Fsp3) is 0.538. The molecule has 0 aromatic heterocycles. The van der Waals surface area contributed by atoms with Gasteiger partial charge in [-0.1, -0.05) is 38.1 Å². The molecule has 0 aliphatic heterocycles. The highest BCUT2D eigenvalue weighted by molar-refractivity contribution is 5.32. The summed E-state index contributed by atoms with van der Waals surface area (Å²) in [6.45, 7) is 4.55. The normalized spacial score (nSPS) is 26.3. The second kappa shape index (κ2) is 3.74. The highest BCUT2D eigenvalue weighted by atomic mass is 14.7. The van der Waals surface area contributed by atoms with Crippen molar-refractivity contribution in [1.29, 1.82) is 0 Å². The van der Waals surface area contributed by atoms with Crippen LogP contribution in [-0.4, -0.2) is 0 Å². The molecule has 2 rings (SSSR count). The Morgan fingerprint density at radius 3 is 2.71 bits per heavy atom. The summed E-state index contributed by atoms with van der Waals surface area (Å²) in [6.07, 6.45) is 2.45. The zero-order valence-electron chi connectivity index (χ0n) is 9.03. The average Bonchev–Trinajstić information content (AvgIpc) is 2.18. The Kier molecular flexibility index (Phi) is 2.60. The number of hydrogen-bond acceptors (Lipinski definition) is 1. The van der Waals surface area contributed by atoms with Crippen molar-refractivity contribution < 1.29 is 0 Å². The van der Waals surface area contributed by atoms with E-state index in [2.05, 4.69) is 38.1 Å². The summed E-state index contributed by atoms with van der Waals surface area (Å²) in [5.74, 6) is 1.35. The van der Waals surface area contributed by atoms with E-state index in [1.165, 1.54) is 24.0 Å². The summed E-state index contributed by atoms with van der Waals surface area (Å²) in [7, 11) is 0. The molecule has 1 aliphatic rings. The molecule has 2 unspecified atom stereocenters. The lowest BCUT2D eigenvalue weighted by molar-refractivity contribution is 0.286. The topological polar surface area (TPSA) is 26.0 Å². The lowest BCUT2D eigenvalue weighted by atomic mass is 9.75. The van der Waals surface area contributed by atoms with Crippen molar-refractivity contribution in [2.45, 2.75) is 32.7 Å². The van der Waals surface area contributed by atoms with E-state index in [-0.39, 0.29) is 6.04 Å². The van der Waals surface area contributed by atoms with Gasteiger partial charge in [0.2, 0.25) is 0 Å². The molecule has 76 valence electrons. The first kappa shape index (κ1) is 9.72. The van der Waals surface area contributed by atoms with E-state index < -0.39 is 0 Å². The highest BCUT2D eigenvalue weighted by Gasteiger charge is 2.28. The van der Waals surface area contributed by atoms with Gasteiger partial charge >= 0.3 is 0 Å². The molecule has 14 heavy (non-hydrogen) atoms. The van der Waals surface area contributed by atoms with Crippen molar-refractivity contribution >= 4 is 0 Å². The van der Waals surface area contributed by atoms with Gasteiger partial charge in [0.25, 0.3) is 0 Å². The summed E-state index contributed by atoms with van der Waals surface area (Å²) in [4.78, 5) is 0. The Morgan fingerprint density at radius 1 is 1.29 bits per heavy atom. The van der Waals surface area contributed by atoms with Crippen molar-refractivity contribution in [3.63, 3.8) is 0 Å². The van der Waals surface area contributed by atoms with Crippen LogP contribution in [0.3, 0.4) is 0 Å². The van der Waals surface area contributed by atoms with Crippen LogP contribution in [0.15, 0.2) is 24.3 Å². The van der Waals surface area contributed by atoms with Crippen molar-refractivity contribution in [1.82, 2.24) is 0 Å². The van der Waals surface area contributed by atoms with Gasteiger partial charge in [-0.25, -0.2) is 0 Å². The maximum atomic E-state index is 6.29. The molecule has 0 saturated carbocycles. The highest BCUT2D eigenvalue weighted by Crippen LogP contribution is 2.36. The van der Waals surface area contributed by atoms with E-state index in [0.29, 0.717) is 11.8 Å². The number of aryl methyl sites for hydroxylation is 1. The van der Waals surface area contributed by atoms with E-state index in [1.54, 1.807) is 0 Å². The number of fused-ring (bicyclic) bond motifs is 1. The van der Waals surface area contributed by atoms with Gasteiger partial charge in [-0.15, -0.1) is 0 Å². The van der Waals surface area contributed by atoms with Crippen molar-refractivity contribution in [3.05, 3.63) is 35.4 Å². The number of hydrogen-bond donors (Lipinski definition) is 1. The predicted octanol–water partition coefficient (Wildman–Crippen LogP) is 2.90.